The van der Waals surface area contributed by atoms with E-state index in [-0.39, 0.29) is 5.78 Å². The van der Waals surface area contributed by atoms with Crippen LogP contribution < -0.4 is 4.74 Å². The van der Waals surface area contributed by atoms with E-state index < -0.39 is 0 Å². The van der Waals surface area contributed by atoms with E-state index in [1.807, 2.05) is 6.26 Å². The first-order valence-corrected chi connectivity index (χ1v) is 8.39. The van der Waals surface area contributed by atoms with E-state index in [4.69, 9.17) is 4.74 Å². The molecule has 7 heteroatoms. The highest BCUT2D eigenvalue weighted by Crippen LogP contribution is 2.24. The molecule has 0 spiro atoms. The van der Waals surface area contributed by atoms with Crippen molar-refractivity contribution in [2.45, 2.75) is 9.50 Å². The van der Waals surface area contributed by atoms with E-state index in [1.165, 1.54) is 35.1 Å². The summed E-state index contributed by atoms with van der Waals surface area (Å²) in [6.07, 6.45) is 1.93. The van der Waals surface area contributed by atoms with Gasteiger partial charge in [-0.05, 0) is 42.1 Å². The van der Waals surface area contributed by atoms with Gasteiger partial charge in [0.05, 0.1) is 12.9 Å². The van der Waals surface area contributed by atoms with Crippen molar-refractivity contribution in [3.63, 3.8) is 0 Å². The Hall–Kier alpha value is -1.05. The summed E-state index contributed by atoms with van der Waals surface area (Å²) < 4.78 is 10.0. The Balaban J connectivity index is 1.93. The molecule has 0 saturated heterocycles. The van der Waals surface area contributed by atoms with Gasteiger partial charge in [0.25, 0.3) is 0 Å². The lowest BCUT2D eigenvalue weighted by Crippen LogP contribution is -2.01. The lowest BCUT2D eigenvalue weighted by molar-refractivity contribution is 0.102. The molecule has 0 N–H and O–H groups in total. The molecule has 0 aliphatic carbocycles. The van der Waals surface area contributed by atoms with Gasteiger partial charge in [-0.3, -0.25) is 4.79 Å². The number of benzene rings is 1. The second kappa shape index (κ2) is 6.93. The molecular formula is C12H12N2O2S3. The first kappa shape index (κ1) is 14.4. The standard InChI is InChI=1S/C12H12N2O2S3/c1-16-9-5-3-8(4-6-9)10(15)7-18-12-13-11(17-2)14-19-12/h3-6H,7H2,1-2H3. The van der Waals surface area contributed by atoms with Crippen LogP contribution in [0.4, 0.5) is 0 Å². The summed E-state index contributed by atoms with van der Waals surface area (Å²) in [5, 5.41) is 0.754. The Labute approximate surface area is 124 Å². The second-order valence-corrected chi connectivity index (χ2v) is 6.24. The predicted octanol–water partition coefficient (Wildman–Crippen LogP) is 3.24. The lowest BCUT2D eigenvalue weighted by atomic mass is 10.1. The summed E-state index contributed by atoms with van der Waals surface area (Å²) in [6, 6.07) is 7.12. The highest BCUT2D eigenvalue weighted by Gasteiger charge is 2.09. The summed E-state index contributed by atoms with van der Waals surface area (Å²) >= 11 is 4.25. The molecule has 0 fully saturated rings. The Morgan fingerprint density at radius 1 is 1.37 bits per heavy atom. The van der Waals surface area contributed by atoms with E-state index in [0.29, 0.717) is 11.3 Å². The minimum atomic E-state index is 0.0774. The number of hydrogen-bond acceptors (Lipinski definition) is 7. The molecule has 2 rings (SSSR count). The maximum absolute atomic E-state index is 12.0. The molecular weight excluding hydrogens is 300 g/mol. The number of rotatable bonds is 6. The SMILES string of the molecule is COc1ccc(C(=O)CSc2nc(SC)ns2)cc1. The third-order valence-corrected chi connectivity index (χ3v) is 4.81. The molecule has 0 amide bonds. The molecule has 2 aromatic rings. The van der Waals surface area contributed by atoms with Crippen LogP contribution in [-0.2, 0) is 0 Å². The number of ketones is 1. The molecule has 0 saturated carbocycles. The molecule has 0 bridgehead atoms. The number of hydrogen-bond donors (Lipinski definition) is 0. The van der Waals surface area contributed by atoms with Crippen molar-refractivity contribution in [3.8, 4) is 5.75 Å². The predicted molar refractivity (Wildman–Crippen MR) is 79.7 cm³/mol. The van der Waals surface area contributed by atoms with Gasteiger partial charge in [0.1, 0.15) is 5.75 Å². The van der Waals surface area contributed by atoms with Crippen LogP contribution in [0.15, 0.2) is 33.8 Å². The zero-order chi connectivity index (χ0) is 13.7. The maximum Gasteiger partial charge on any atom is 0.200 e. The number of carbonyl (C=O) groups excluding carboxylic acids is 1. The molecule has 4 nitrogen and oxygen atoms in total. The van der Waals surface area contributed by atoms with Crippen LogP contribution >= 0.6 is 35.1 Å². The van der Waals surface area contributed by atoms with Gasteiger partial charge in [0.15, 0.2) is 10.1 Å². The first-order chi connectivity index (χ1) is 9.22. The summed E-state index contributed by atoms with van der Waals surface area (Å²) in [6.45, 7) is 0. The first-order valence-electron chi connectivity index (χ1n) is 5.40. The fourth-order valence-corrected chi connectivity index (χ4v) is 3.43. The van der Waals surface area contributed by atoms with Crippen LogP contribution in [0.1, 0.15) is 10.4 Å². The van der Waals surface area contributed by atoms with Gasteiger partial charge in [0, 0.05) is 5.56 Å². The van der Waals surface area contributed by atoms with Crippen molar-refractivity contribution in [2.24, 2.45) is 0 Å². The van der Waals surface area contributed by atoms with E-state index >= 15 is 0 Å². The Morgan fingerprint density at radius 2 is 2.11 bits per heavy atom. The number of aromatic nitrogens is 2. The van der Waals surface area contributed by atoms with Crippen molar-refractivity contribution in [1.82, 2.24) is 9.36 Å². The fraction of sp³-hybridized carbons (Fsp3) is 0.250. The normalized spacial score (nSPS) is 10.4. The van der Waals surface area contributed by atoms with Crippen molar-refractivity contribution in [1.29, 1.82) is 0 Å². The van der Waals surface area contributed by atoms with Gasteiger partial charge in [0.2, 0.25) is 5.16 Å². The van der Waals surface area contributed by atoms with E-state index in [0.717, 1.165) is 15.2 Å². The van der Waals surface area contributed by atoms with Crippen LogP contribution in [0, 0.1) is 0 Å². The molecule has 0 radical (unpaired) electrons. The Bertz CT molecular complexity index is 554. The number of thioether (sulfide) groups is 2. The summed E-state index contributed by atoms with van der Waals surface area (Å²) in [4.78, 5) is 16.3. The number of Topliss-reactive ketones (excluding diaryl/α,β-unsaturated/α-hetero) is 1. The van der Waals surface area contributed by atoms with Gasteiger partial charge in [-0.1, -0.05) is 23.5 Å². The summed E-state index contributed by atoms with van der Waals surface area (Å²) in [7, 11) is 1.60. The number of methoxy groups -OCH3 is 1. The van der Waals surface area contributed by atoms with Gasteiger partial charge in [-0.2, -0.15) is 4.37 Å². The zero-order valence-corrected chi connectivity index (χ0v) is 12.9. The molecule has 0 aliphatic heterocycles. The highest BCUT2D eigenvalue weighted by molar-refractivity contribution is 8.01. The Morgan fingerprint density at radius 3 is 2.68 bits per heavy atom. The molecule has 19 heavy (non-hydrogen) atoms. The molecule has 1 aromatic heterocycles. The molecule has 100 valence electrons. The van der Waals surface area contributed by atoms with Crippen molar-refractivity contribution >= 4 is 40.8 Å². The molecule has 0 unspecified atom stereocenters. The minimum absolute atomic E-state index is 0.0774. The van der Waals surface area contributed by atoms with Crippen molar-refractivity contribution in [2.75, 3.05) is 19.1 Å². The zero-order valence-electron chi connectivity index (χ0n) is 10.5. The smallest absolute Gasteiger partial charge is 0.200 e. The van der Waals surface area contributed by atoms with E-state index in [9.17, 15) is 4.79 Å². The fourth-order valence-electron chi connectivity index (χ4n) is 1.33. The lowest BCUT2D eigenvalue weighted by Gasteiger charge is -2.01. The minimum Gasteiger partial charge on any atom is -0.497 e. The maximum atomic E-state index is 12.0. The number of nitrogens with zero attached hydrogens (tertiary/aromatic N) is 2. The van der Waals surface area contributed by atoms with Crippen LogP contribution in [0.5, 0.6) is 5.75 Å². The van der Waals surface area contributed by atoms with Crippen LogP contribution in [0.25, 0.3) is 0 Å². The molecule has 1 heterocycles. The molecule has 0 atom stereocenters. The van der Waals surface area contributed by atoms with Gasteiger partial charge in [-0.15, -0.1) is 0 Å². The topological polar surface area (TPSA) is 52.1 Å². The summed E-state index contributed by atoms with van der Waals surface area (Å²) in [5.41, 5.74) is 0.683. The van der Waals surface area contributed by atoms with Crippen molar-refractivity contribution < 1.29 is 9.53 Å². The van der Waals surface area contributed by atoms with Gasteiger partial charge >= 0.3 is 0 Å². The highest BCUT2D eigenvalue weighted by atomic mass is 32.2. The van der Waals surface area contributed by atoms with E-state index in [1.54, 1.807) is 31.4 Å². The van der Waals surface area contributed by atoms with Crippen molar-refractivity contribution in [3.05, 3.63) is 29.8 Å². The quantitative estimate of drug-likeness (QED) is 0.603. The largest absolute Gasteiger partial charge is 0.497 e. The van der Waals surface area contributed by atoms with E-state index in [2.05, 4.69) is 9.36 Å². The molecule has 0 aliphatic rings. The Kier molecular flexibility index (Phi) is 5.24. The molecule has 1 aromatic carbocycles. The van der Waals surface area contributed by atoms with Gasteiger partial charge in [-0.25, -0.2) is 4.98 Å². The number of ether oxygens (including phenoxy) is 1. The average Bonchev–Trinajstić information content (AvgIpc) is 2.93. The van der Waals surface area contributed by atoms with Gasteiger partial charge < -0.3 is 4.74 Å². The third kappa shape index (κ3) is 3.95. The van der Waals surface area contributed by atoms with Crippen LogP contribution in [0.3, 0.4) is 0 Å². The average molecular weight is 312 g/mol. The third-order valence-electron chi connectivity index (χ3n) is 2.31. The monoisotopic (exact) mass is 312 g/mol. The summed E-state index contributed by atoms with van der Waals surface area (Å²) in [5.74, 6) is 1.20. The number of carbonyl (C=O) groups is 1. The second-order valence-electron chi connectivity index (χ2n) is 3.49. The van der Waals surface area contributed by atoms with Crippen LogP contribution in [0.2, 0.25) is 0 Å². The van der Waals surface area contributed by atoms with Crippen LogP contribution in [-0.4, -0.2) is 34.3 Å².